The van der Waals surface area contributed by atoms with E-state index in [1.165, 1.54) is 0 Å². The first-order chi connectivity index (χ1) is 4.58. The molecule has 0 bridgehead atoms. The second kappa shape index (κ2) is 2.90. The molecule has 0 fully saturated rings. The first kappa shape index (κ1) is 8.04. The fraction of sp³-hybridized carbons (Fsp3) is 0.500. The van der Waals surface area contributed by atoms with Crippen LogP contribution in [0.1, 0.15) is 13.8 Å². The van der Waals surface area contributed by atoms with E-state index in [4.69, 9.17) is 5.73 Å². The first-order valence-electron chi connectivity index (χ1n) is 2.95. The number of nitrogens with two attached hydrogens (primary N) is 1. The van der Waals surface area contributed by atoms with Crippen molar-refractivity contribution < 1.29 is 0 Å². The fourth-order valence-electron chi connectivity index (χ4n) is 0.486. The Balaban J connectivity index is 2.57. The summed E-state index contributed by atoms with van der Waals surface area (Å²) in [5.41, 5.74) is 5.76. The maximum Gasteiger partial charge on any atom is 0.151 e. The predicted octanol–water partition coefficient (Wildman–Crippen LogP) is 1.93. The minimum atomic E-state index is -0.210. The summed E-state index contributed by atoms with van der Waals surface area (Å²) in [6.07, 6.45) is 1.79. The molecule has 0 atom stereocenters. The molecule has 0 aromatic carbocycles. The number of thiazole rings is 1. The molecule has 4 heteroatoms. The zero-order valence-electron chi connectivity index (χ0n) is 6.00. The highest BCUT2D eigenvalue weighted by molar-refractivity contribution is 8.02. The van der Waals surface area contributed by atoms with E-state index in [0.29, 0.717) is 0 Å². The van der Waals surface area contributed by atoms with E-state index in [9.17, 15) is 0 Å². The molecule has 0 aliphatic carbocycles. The van der Waals surface area contributed by atoms with Crippen LogP contribution in [-0.2, 0) is 0 Å². The highest BCUT2D eigenvalue weighted by Gasteiger charge is 2.13. The monoisotopic (exact) mass is 174 g/mol. The van der Waals surface area contributed by atoms with Crippen molar-refractivity contribution in [2.24, 2.45) is 5.73 Å². The summed E-state index contributed by atoms with van der Waals surface area (Å²) >= 11 is 3.21. The Morgan fingerprint density at radius 3 is 2.80 bits per heavy atom. The maximum absolute atomic E-state index is 5.76. The van der Waals surface area contributed by atoms with Crippen LogP contribution in [0.4, 0.5) is 0 Å². The van der Waals surface area contributed by atoms with Crippen LogP contribution in [0.2, 0.25) is 0 Å². The highest BCUT2D eigenvalue weighted by atomic mass is 32.2. The summed E-state index contributed by atoms with van der Waals surface area (Å²) in [7, 11) is 0. The van der Waals surface area contributed by atoms with E-state index < -0.39 is 0 Å². The van der Waals surface area contributed by atoms with Crippen LogP contribution in [0.15, 0.2) is 15.9 Å². The SMILES string of the molecule is CC(C)(N)Sc1nccs1. The topological polar surface area (TPSA) is 38.9 Å². The molecule has 0 saturated carbocycles. The molecule has 1 heterocycles. The Kier molecular flexibility index (Phi) is 2.33. The van der Waals surface area contributed by atoms with Crippen LogP contribution in [0, 0.1) is 0 Å². The molecule has 1 aromatic rings. The quantitative estimate of drug-likeness (QED) is 0.550. The Labute approximate surface area is 68.8 Å². The van der Waals surface area contributed by atoms with E-state index in [1.807, 2.05) is 19.2 Å². The van der Waals surface area contributed by atoms with Gasteiger partial charge in [0.15, 0.2) is 4.34 Å². The van der Waals surface area contributed by atoms with Crippen molar-refractivity contribution in [1.29, 1.82) is 0 Å². The van der Waals surface area contributed by atoms with Gasteiger partial charge in [0.2, 0.25) is 0 Å². The van der Waals surface area contributed by atoms with Crippen LogP contribution in [0.5, 0.6) is 0 Å². The average molecular weight is 174 g/mol. The predicted molar refractivity (Wildman–Crippen MR) is 46.2 cm³/mol. The fourth-order valence-corrected chi connectivity index (χ4v) is 2.41. The minimum Gasteiger partial charge on any atom is -0.317 e. The summed E-state index contributed by atoms with van der Waals surface area (Å²) in [5, 5.41) is 1.95. The summed E-state index contributed by atoms with van der Waals surface area (Å²) in [6.45, 7) is 3.94. The molecule has 0 spiro atoms. The van der Waals surface area contributed by atoms with Crippen LogP contribution in [0.3, 0.4) is 0 Å². The highest BCUT2D eigenvalue weighted by Crippen LogP contribution is 2.29. The normalized spacial score (nSPS) is 11.9. The van der Waals surface area contributed by atoms with E-state index in [2.05, 4.69) is 4.98 Å². The lowest BCUT2D eigenvalue weighted by Gasteiger charge is -2.14. The van der Waals surface area contributed by atoms with Gasteiger partial charge >= 0.3 is 0 Å². The van der Waals surface area contributed by atoms with Crippen molar-refractivity contribution in [2.45, 2.75) is 23.1 Å². The lowest BCUT2D eigenvalue weighted by Crippen LogP contribution is -2.26. The molecule has 0 unspecified atom stereocenters. The van der Waals surface area contributed by atoms with E-state index in [0.717, 1.165) is 4.34 Å². The van der Waals surface area contributed by atoms with Gasteiger partial charge in [0.25, 0.3) is 0 Å². The summed E-state index contributed by atoms with van der Waals surface area (Å²) < 4.78 is 1.03. The summed E-state index contributed by atoms with van der Waals surface area (Å²) in [6, 6.07) is 0. The standard InChI is InChI=1S/C6H10N2S2/c1-6(2,7)10-5-8-3-4-9-5/h3-4H,7H2,1-2H3. The number of nitrogens with zero attached hydrogens (tertiary/aromatic N) is 1. The Bertz CT molecular complexity index is 188. The van der Waals surface area contributed by atoms with Gasteiger partial charge in [0.05, 0.1) is 4.87 Å². The number of aromatic nitrogens is 1. The van der Waals surface area contributed by atoms with E-state index in [1.54, 1.807) is 29.3 Å². The van der Waals surface area contributed by atoms with Gasteiger partial charge in [0, 0.05) is 11.6 Å². The average Bonchev–Trinajstić information content (AvgIpc) is 2.12. The van der Waals surface area contributed by atoms with Crippen LogP contribution in [0.25, 0.3) is 0 Å². The van der Waals surface area contributed by atoms with Gasteiger partial charge in [-0.15, -0.1) is 11.3 Å². The number of rotatable bonds is 2. The van der Waals surface area contributed by atoms with Crippen LogP contribution < -0.4 is 5.73 Å². The van der Waals surface area contributed by atoms with Gasteiger partial charge in [-0.3, -0.25) is 0 Å². The Morgan fingerprint density at radius 1 is 1.70 bits per heavy atom. The van der Waals surface area contributed by atoms with Gasteiger partial charge < -0.3 is 5.73 Å². The molecule has 10 heavy (non-hydrogen) atoms. The first-order valence-corrected chi connectivity index (χ1v) is 4.65. The van der Waals surface area contributed by atoms with Gasteiger partial charge in [-0.05, 0) is 13.8 Å². The van der Waals surface area contributed by atoms with Crippen molar-refractivity contribution in [3.05, 3.63) is 11.6 Å². The molecular formula is C6H10N2S2. The second-order valence-electron chi connectivity index (χ2n) is 2.50. The van der Waals surface area contributed by atoms with Crippen molar-refractivity contribution in [3.8, 4) is 0 Å². The molecule has 2 N–H and O–H groups in total. The smallest absolute Gasteiger partial charge is 0.151 e. The van der Waals surface area contributed by atoms with Crippen molar-refractivity contribution in [1.82, 2.24) is 4.98 Å². The third kappa shape index (κ3) is 2.68. The van der Waals surface area contributed by atoms with Gasteiger partial charge in [-0.1, -0.05) is 11.8 Å². The molecule has 2 nitrogen and oxygen atoms in total. The minimum absolute atomic E-state index is 0.210. The zero-order valence-corrected chi connectivity index (χ0v) is 7.63. The number of thioether (sulfide) groups is 1. The van der Waals surface area contributed by atoms with Gasteiger partial charge in [0.1, 0.15) is 0 Å². The van der Waals surface area contributed by atoms with Gasteiger partial charge in [-0.2, -0.15) is 0 Å². The maximum atomic E-state index is 5.76. The largest absolute Gasteiger partial charge is 0.317 e. The van der Waals surface area contributed by atoms with Crippen molar-refractivity contribution in [2.75, 3.05) is 0 Å². The van der Waals surface area contributed by atoms with Crippen molar-refractivity contribution in [3.63, 3.8) is 0 Å². The molecule has 1 rings (SSSR count). The molecule has 0 saturated heterocycles. The molecule has 0 radical (unpaired) electrons. The van der Waals surface area contributed by atoms with Crippen molar-refractivity contribution >= 4 is 23.1 Å². The summed E-state index contributed by atoms with van der Waals surface area (Å²) in [5.74, 6) is 0. The Morgan fingerprint density at radius 2 is 2.40 bits per heavy atom. The lowest BCUT2D eigenvalue weighted by molar-refractivity contribution is 0.757. The van der Waals surface area contributed by atoms with Gasteiger partial charge in [-0.25, -0.2) is 4.98 Å². The number of hydrogen-bond acceptors (Lipinski definition) is 4. The van der Waals surface area contributed by atoms with E-state index in [-0.39, 0.29) is 4.87 Å². The van der Waals surface area contributed by atoms with E-state index >= 15 is 0 Å². The third-order valence-electron chi connectivity index (χ3n) is 0.760. The Hall–Kier alpha value is -0.0600. The second-order valence-corrected chi connectivity index (χ2v) is 5.30. The summed E-state index contributed by atoms with van der Waals surface area (Å²) in [4.78, 5) is 3.89. The molecule has 0 aliphatic heterocycles. The zero-order chi connectivity index (χ0) is 7.61. The molecular weight excluding hydrogens is 164 g/mol. The molecule has 56 valence electrons. The third-order valence-corrected chi connectivity index (χ3v) is 2.67. The number of hydrogen-bond donors (Lipinski definition) is 1. The lowest BCUT2D eigenvalue weighted by atomic mass is 10.4. The molecule has 0 amide bonds. The van der Waals surface area contributed by atoms with Crippen LogP contribution >= 0.6 is 23.1 Å². The molecule has 0 aliphatic rings. The van der Waals surface area contributed by atoms with Crippen LogP contribution in [-0.4, -0.2) is 9.85 Å². The molecule has 1 aromatic heterocycles.